The third-order valence-electron chi connectivity index (χ3n) is 6.06. The highest BCUT2D eigenvalue weighted by Crippen LogP contribution is 2.30. The van der Waals surface area contributed by atoms with Gasteiger partial charge in [-0.3, -0.25) is 4.79 Å². The first-order valence-electron chi connectivity index (χ1n) is 10.7. The van der Waals surface area contributed by atoms with E-state index in [1.165, 1.54) is 6.33 Å². The molecule has 0 saturated carbocycles. The standard InChI is InChI=1S/C22H26ClN7O3/c23-15-3-1-14(2-4-15)17(5-9-24)28-20(31)22(29-21(32)33)7-11-30(12-8-22)19-16-6-10-25-18(16)26-13-27-19/h1-4,6,10,13,17,29H,5,7-9,11-12,24H2,(H,28,31)(H,32,33)(H,25,26,27). The number of nitrogens with one attached hydrogen (secondary N) is 3. The predicted molar refractivity (Wildman–Crippen MR) is 125 cm³/mol. The maximum atomic E-state index is 13.4. The van der Waals surface area contributed by atoms with Gasteiger partial charge in [-0.05, 0) is 49.6 Å². The van der Waals surface area contributed by atoms with Gasteiger partial charge in [-0.15, -0.1) is 0 Å². The van der Waals surface area contributed by atoms with Gasteiger partial charge < -0.3 is 31.4 Å². The van der Waals surface area contributed by atoms with E-state index in [4.69, 9.17) is 17.3 Å². The number of carbonyl (C=O) groups is 2. The van der Waals surface area contributed by atoms with Crippen LogP contribution in [0.5, 0.6) is 0 Å². The Kier molecular flexibility index (Phi) is 6.66. The number of carboxylic acid groups (broad SMARTS) is 1. The molecule has 1 aliphatic heterocycles. The molecule has 0 bridgehead atoms. The van der Waals surface area contributed by atoms with Gasteiger partial charge in [0.15, 0.2) is 0 Å². The van der Waals surface area contributed by atoms with Gasteiger partial charge in [-0.1, -0.05) is 23.7 Å². The molecule has 0 aliphatic carbocycles. The van der Waals surface area contributed by atoms with Crippen molar-refractivity contribution in [3.63, 3.8) is 0 Å². The van der Waals surface area contributed by atoms with E-state index in [1.54, 1.807) is 18.3 Å². The number of nitrogens with two attached hydrogens (primary N) is 1. The van der Waals surface area contributed by atoms with Gasteiger partial charge in [0.05, 0.1) is 11.4 Å². The summed E-state index contributed by atoms with van der Waals surface area (Å²) in [6.07, 6.45) is 3.13. The zero-order chi connectivity index (χ0) is 23.4. The molecule has 6 N–H and O–H groups in total. The highest BCUT2D eigenvalue weighted by molar-refractivity contribution is 6.30. The van der Waals surface area contributed by atoms with Crippen molar-refractivity contribution in [2.75, 3.05) is 24.5 Å². The lowest BCUT2D eigenvalue weighted by molar-refractivity contribution is -0.129. The van der Waals surface area contributed by atoms with Gasteiger partial charge in [-0.25, -0.2) is 14.8 Å². The second kappa shape index (κ2) is 9.63. The van der Waals surface area contributed by atoms with Crippen LogP contribution in [0.2, 0.25) is 5.02 Å². The molecule has 1 aliphatic rings. The Morgan fingerprint density at radius 2 is 1.94 bits per heavy atom. The molecule has 2 amide bonds. The van der Waals surface area contributed by atoms with Crippen LogP contribution in [0.1, 0.15) is 30.9 Å². The molecule has 1 unspecified atom stereocenters. The fraction of sp³-hybridized carbons (Fsp3) is 0.364. The second-order valence-corrected chi connectivity index (χ2v) is 8.53. The zero-order valence-corrected chi connectivity index (χ0v) is 18.7. The van der Waals surface area contributed by atoms with E-state index in [0.717, 1.165) is 22.4 Å². The van der Waals surface area contributed by atoms with Gasteiger partial charge in [-0.2, -0.15) is 0 Å². The smallest absolute Gasteiger partial charge is 0.405 e. The zero-order valence-electron chi connectivity index (χ0n) is 17.9. The molecule has 10 nitrogen and oxygen atoms in total. The number of amides is 2. The molecule has 33 heavy (non-hydrogen) atoms. The first kappa shape index (κ1) is 22.8. The molecular weight excluding hydrogens is 446 g/mol. The van der Waals surface area contributed by atoms with E-state index in [9.17, 15) is 14.7 Å². The van der Waals surface area contributed by atoms with E-state index >= 15 is 0 Å². The number of hydrogen-bond donors (Lipinski definition) is 5. The summed E-state index contributed by atoms with van der Waals surface area (Å²) in [5.74, 6) is 0.389. The van der Waals surface area contributed by atoms with Crippen molar-refractivity contribution in [3.05, 3.63) is 53.4 Å². The number of piperidine rings is 1. The largest absolute Gasteiger partial charge is 0.465 e. The molecule has 1 fully saturated rings. The fourth-order valence-electron chi connectivity index (χ4n) is 4.30. The lowest BCUT2D eigenvalue weighted by Crippen LogP contribution is -2.63. The van der Waals surface area contributed by atoms with Crippen molar-refractivity contribution in [3.8, 4) is 0 Å². The van der Waals surface area contributed by atoms with E-state index in [2.05, 4.69) is 25.6 Å². The third kappa shape index (κ3) is 4.86. The highest BCUT2D eigenvalue weighted by atomic mass is 35.5. The summed E-state index contributed by atoms with van der Waals surface area (Å²) in [7, 11) is 0. The minimum atomic E-state index is -1.26. The summed E-state index contributed by atoms with van der Waals surface area (Å²) in [6, 6.07) is 8.71. The first-order valence-corrected chi connectivity index (χ1v) is 11.1. The number of benzene rings is 1. The van der Waals surface area contributed by atoms with Crippen LogP contribution >= 0.6 is 11.6 Å². The molecule has 174 valence electrons. The number of hydrogen-bond acceptors (Lipinski definition) is 6. The number of H-pyrrole nitrogens is 1. The van der Waals surface area contributed by atoms with Gasteiger partial charge in [0.2, 0.25) is 5.91 Å². The summed E-state index contributed by atoms with van der Waals surface area (Å²) in [5.41, 5.74) is 6.10. The van der Waals surface area contributed by atoms with E-state index < -0.39 is 11.6 Å². The summed E-state index contributed by atoms with van der Waals surface area (Å²) < 4.78 is 0. The number of carbonyl (C=O) groups excluding carboxylic acids is 1. The Morgan fingerprint density at radius 1 is 1.21 bits per heavy atom. The third-order valence-corrected chi connectivity index (χ3v) is 6.32. The van der Waals surface area contributed by atoms with Crippen LogP contribution in [0.25, 0.3) is 11.0 Å². The van der Waals surface area contributed by atoms with Crippen LogP contribution in [0, 0.1) is 0 Å². The number of halogens is 1. The van der Waals surface area contributed by atoms with Crippen LogP contribution in [0.3, 0.4) is 0 Å². The maximum Gasteiger partial charge on any atom is 0.405 e. The SMILES string of the molecule is NCCC(NC(=O)C1(NC(=O)O)CCN(c2ncnc3[nH]ccc23)CC1)c1ccc(Cl)cc1. The normalized spacial score (nSPS) is 16.4. The molecule has 11 heteroatoms. The van der Waals surface area contributed by atoms with Crippen molar-refractivity contribution in [2.45, 2.75) is 30.8 Å². The monoisotopic (exact) mass is 471 g/mol. The number of rotatable bonds is 7. The van der Waals surface area contributed by atoms with Crippen molar-refractivity contribution in [2.24, 2.45) is 5.73 Å². The van der Waals surface area contributed by atoms with Crippen LogP contribution in [0.4, 0.5) is 10.6 Å². The van der Waals surface area contributed by atoms with E-state index in [1.807, 2.05) is 23.1 Å². The molecule has 1 saturated heterocycles. The Balaban J connectivity index is 1.53. The van der Waals surface area contributed by atoms with E-state index in [-0.39, 0.29) is 24.8 Å². The quantitative estimate of drug-likeness (QED) is 0.355. The van der Waals surface area contributed by atoms with Crippen molar-refractivity contribution in [1.82, 2.24) is 25.6 Å². The molecule has 3 aromatic rings. The Bertz CT molecular complexity index is 1130. The van der Waals surface area contributed by atoms with Crippen LogP contribution < -0.4 is 21.3 Å². The van der Waals surface area contributed by atoms with Gasteiger partial charge in [0.1, 0.15) is 23.3 Å². The van der Waals surface area contributed by atoms with Crippen molar-refractivity contribution >= 4 is 40.5 Å². The summed E-state index contributed by atoms with van der Waals surface area (Å²) in [6.45, 7) is 1.27. The first-order chi connectivity index (χ1) is 15.9. The summed E-state index contributed by atoms with van der Waals surface area (Å²) in [4.78, 5) is 38.8. The Morgan fingerprint density at radius 3 is 2.61 bits per heavy atom. The average molecular weight is 472 g/mol. The van der Waals surface area contributed by atoms with Gasteiger partial charge in [0.25, 0.3) is 0 Å². The number of nitrogens with zero attached hydrogens (tertiary/aromatic N) is 3. The fourth-order valence-corrected chi connectivity index (χ4v) is 4.43. The summed E-state index contributed by atoms with van der Waals surface area (Å²) >= 11 is 5.99. The lowest BCUT2D eigenvalue weighted by Gasteiger charge is -2.41. The van der Waals surface area contributed by atoms with Crippen LogP contribution in [0.15, 0.2) is 42.9 Å². The highest BCUT2D eigenvalue weighted by Gasteiger charge is 2.44. The number of anilines is 1. The van der Waals surface area contributed by atoms with Crippen LogP contribution in [-0.4, -0.2) is 57.2 Å². The summed E-state index contributed by atoms with van der Waals surface area (Å²) in [5, 5.41) is 16.5. The van der Waals surface area contributed by atoms with E-state index in [0.29, 0.717) is 31.1 Å². The lowest BCUT2D eigenvalue weighted by atomic mass is 9.85. The number of fused-ring (bicyclic) bond motifs is 1. The van der Waals surface area contributed by atoms with Crippen molar-refractivity contribution in [1.29, 1.82) is 0 Å². The Labute approximate surface area is 195 Å². The van der Waals surface area contributed by atoms with Gasteiger partial charge in [0, 0.05) is 24.3 Å². The molecule has 0 radical (unpaired) electrons. The predicted octanol–water partition coefficient (Wildman–Crippen LogP) is 2.42. The minimum absolute atomic E-state index is 0.289. The van der Waals surface area contributed by atoms with Crippen molar-refractivity contribution < 1.29 is 14.7 Å². The molecule has 4 rings (SSSR count). The van der Waals surface area contributed by atoms with Gasteiger partial charge >= 0.3 is 6.09 Å². The maximum absolute atomic E-state index is 13.4. The topological polar surface area (TPSA) is 149 Å². The number of aromatic amines is 1. The molecular formula is C22H26ClN7O3. The second-order valence-electron chi connectivity index (χ2n) is 8.09. The van der Waals surface area contributed by atoms with Crippen LogP contribution in [-0.2, 0) is 4.79 Å². The minimum Gasteiger partial charge on any atom is -0.465 e. The number of aromatic nitrogens is 3. The molecule has 1 aromatic carbocycles. The molecule has 0 spiro atoms. The molecule has 1 atom stereocenters. The molecule has 2 aromatic heterocycles. The average Bonchev–Trinajstić information content (AvgIpc) is 3.28. The Hall–Kier alpha value is -3.37. The molecule has 3 heterocycles.